The summed E-state index contributed by atoms with van der Waals surface area (Å²) in [7, 11) is 0. The van der Waals surface area contributed by atoms with Crippen LogP contribution in [0.5, 0.6) is 0 Å². The first-order valence-electron chi connectivity index (χ1n) is 26.9. The molecule has 0 saturated heterocycles. The van der Waals surface area contributed by atoms with Crippen LogP contribution in [0, 0.1) is 43.9 Å². The molecule has 1 aliphatic carbocycles. The van der Waals surface area contributed by atoms with Gasteiger partial charge >= 0.3 is 0 Å². The molecule has 7 heteroatoms. The first-order valence-corrected chi connectivity index (χ1v) is 21.9. The summed E-state index contributed by atoms with van der Waals surface area (Å²) in [5.41, 5.74) is 8.46. The molecule has 0 spiro atoms. The molecule has 1 aliphatic rings. The summed E-state index contributed by atoms with van der Waals surface area (Å²) in [5, 5.41) is 1.23. The van der Waals surface area contributed by atoms with Gasteiger partial charge in [0, 0.05) is 62.6 Å². The van der Waals surface area contributed by atoms with Gasteiger partial charge in [0.1, 0.15) is 0 Å². The predicted octanol–water partition coefficient (Wildman–Crippen LogP) is 16.0. The van der Waals surface area contributed by atoms with Crippen LogP contribution in [0.25, 0.3) is 72.6 Å². The Morgan fingerprint density at radius 3 is 2.28 bits per heavy atom. The van der Waals surface area contributed by atoms with Crippen LogP contribution in [0.3, 0.4) is 0 Å². The van der Waals surface area contributed by atoms with E-state index in [2.05, 4.69) is 92.5 Å². The molecule has 5 nitrogen and oxygen atoms in total. The molecular formula is C58H57FIrN4O-2. The third-order valence-electron chi connectivity index (χ3n) is 12.5. The first-order chi connectivity index (χ1) is 34.7. The van der Waals surface area contributed by atoms with Crippen LogP contribution in [0.4, 0.5) is 4.39 Å². The fourth-order valence-electron chi connectivity index (χ4n) is 8.89. The SMILES string of the molecule is CC(C)c1cccc(C(C)C)c1-n1c(-c2[c-]cc(F)cc2)nc2ccccc21.[2H]C([2H])([2H])c1ccc2c(n1)oc1c(-c3cc(-c4ccc(C5([2H])CCC(C)(C)CC5)cc4C([2H])([2H])[2H])c(C([2H])([2H])[2H])cn3)[c-]ccc12.[Ir]. The Bertz CT molecular complexity index is 3520. The van der Waals surface area contributed by atoms with E-state index in [-0.39, 0.29) is 70.7 Å². The maximum absolute atomic E-state index is 13.5. The number of benzene rings is 5. The van der Waals surface area contributed by atoms with Crippen LogP contribution in [0.15, 0.2) is 120 Å². The quantitative estimate of drug-likeness (QED) is 0.149. The molecule has 0 amide bonds. The Kier molecular flexibility index (Phi) is 9.91. The fourth-order valence-corrected chi connectivity index (χ4v) is 8.89. The molecule has 0 unspecified atom stereocenters. The summed E-state index contributed by atoms with van der Waals surface area (Å²) in [6.07, 6.45) is 4.11. The van der Waals surface area contributed by atoms with Gasteiger partial charge in [-0.2, -0.15) is 0 Å². The van der Waals surface area contributed by atoms with Gasteiger partial charge in [-0.25, -0.2) is 4.98 Å². The fraction of sp³-hybridized carbons (Fsp3) is 0.293. The van der Waals surface area contributed by atoms with E-state index in [4.69, 9.17) is 21.7 Å². The molecule has 0 N–H and O–H groups in total. The number of halogens is 1. The minimum atomic E-state index is -2.61. The van der Waals surface area contributed by atoms with Crippen LogP contribution >= 0.6 is 0 Å². The van der Waals surface area contributed by atoms with Gasteiger partial charge in [0.2, 0.25) is 5.71 Å². The van der Waals surface area contributed by atoms with Gasteiger partial charge in [0.15, 0.2) is 0 Å². The van der Waals surface area contributed by atoms with Gasteiger partial charge < -0.3 is 14.0 Å². The van der Waals surface area contributed by atoms with E-state index in [9.17, 15) is 5.76 Å². The van der Waals surface area contributed by atoms with Crippen molar-refractivity contribution in [3.63, 3.8) is 0 Å². The Morgan fingerprint density at radius 1 is 0.800 bits per heavy atom. The van der Waals surface area contributed by atoms with Crippen molar-refractivity contribution in [1.29, 1.82) is 0 Å². The van der Waals surface area contributed by atoms with Gasteiger partial charge in [-0.3, -0.25) is 9.37 Å². The van der Waals surface area contributed by atoms with E-state index in [1.807, 2.05) is 18.2 Å². The molecule has 333 valence electrons. The summed E-state index contributed by atoms with van der Waals surface area (Å²) >= 11 is 0. The van der Waals surface area contributed by atoms with Crippen molar-refractivity contribution in [2.24, 2.45) is 5.41 Å². The second-order valence-electron chi connectivity index (χ2n) is 18.2. The number of hydrogen-bond donors (Lipinski definition) is 0. The Morgan fingerprint density at radius 2 is 1.57 bits per heavy atom. The number of fused-ring (bicyclic) bond motifs is 4. The second kappa shape index (κ2) is 18.6. The summed E-state index contributed by atoms with van der Waals surface area (Å²) in [6.45, 7) is 5.58. The number of imidazole rings is 1. The van der Waals surface area contributed by atoms with Crippen LogP contribution in [-0.2, 0) is 20.1 Å². The molecule has 4 heterocycles. The number of furan rings is 1. The van der Waals surface area contributed by atoms with E-state index >= 15 is 0 Å². The first kappa shape index (κ1) is 34.6. The molecule has 5 aromatic carbocycles. The minimum Gasteiger partial charge on any atom is -0.486 e. The average molecular weight is 1050 g/mol. The van der Waals surface area contributed by atoms with Crippen LogP contribution in [-0.4, -0.2) is 19.5 Å². The Labute approximate surface area is 411 Å². The molecule has 1 saturated carbocycles. The standard InChI is InChI=1S/C33H33N2O.C25H24FN2.Ir/c1-20-17-24(23-13-15-33(4,5)16-14-23)10-12-25(20)29-18-30(34-19-21(29)2)28-8-6-7-26-27-11-9-22(3)35-32(27)36-31(26)28;1-16(2)20-8-7-9-21(17(3)4)24(20)28-23-11-6-5-10-22(23)27-25(28)18-12-14-19(26)15-13-18;/h6-7,9-12,17-19,23H,13-16H2,1-5H3;5-12,14-17H,1-4H3;/q2*-1;/i1D3,2D3,3D3,23D;;. The zero-order valence-electron chi connectivity index (χ0n) is 47.4. The molecule has 0 bridgehead atoms. The number of rotatable bonds is 7. The number of aromatic nitrogens is 4. The zero-order chi connectivity index (χ0) is 53.3. The minimum absolute atomic E-state index is 0. The van der Waals surface area contributed by atoms with Gasteiger partial charge in [0.05, 0.1) is 22.4 Å². The zero-order valence-corrected chi connectivity index (χ0v) is 39.8. The van der Waals surface area contributed by atoms with E-state index in [1.165, 1.54) is 47.3 Å². The summed E-state index contributed by atoms with van der Waals surface area (Å²) in [6, 6.07) is 38.4. The van der Waals surface area contributed by atoms with Gasteiger partial charge in [-0.15, -0.1) is 48.0 Å². The topological polar surface area (TPSA) is 56.7 Å². The van der Waals surface area contributed by atoms with E-state index < -0.39 is 26.4 Å². The number of nitrogens with zero attached hydrogens (tertiary/aromatic N) is 4. The Balaban J connectivity index is 0.000000220. The molecule has 0 aliphatic heterocycles. The van der Waals surface area contributed by atoms with Crippen LogP contribution < -0.4 is 0 Å². The monoisotopic (exact) mass is 1050 g/mol. The van der Waals surface area contributed by atoms with E-state index in [0.717, 1.165) is 35.3 Å². The van der Waals surface area contributed by atoms with E-state index in [1.54, 1.807) is 42.5 Å². The maximum atomic E-state index is 13.5. The number of para-hydroxylation sites is 3. The number of aryl methyl sites for hydroxylation is 3. The smallest absolute Gasteiger partial charge is 0.216 e. The van der Waals surface area contributed by atoms with Crippen molar-refractivity contribution in [2.45, 2.75) is 106 Å². The van der Waals surface area contributed by atoms with Crippen molar-refractivity contribution in [3.05, 3.63) is 167 Å². The van der Waals surface area contributed by atoms with Crippen molar-refractivity contribution in [2.75, 3.05) is 0 Å². The second-order valence-corrected chi connectivity index (χ2v) is 18.2. The Hall–Kier alpha value is -5.75. The molecule has 4 aromatic heterocycles. The number of hydrogen-bond acceptors (Lipinski definition) is 4. The molecule has 0 atom stereocenters. The van der Waals surface area contributed by atoms with Crippen molar-refractivity contribution < 1.29 is 42.6 Å². The molecular weight excluding hydrogens is 980 g/mol. The molecule has 1 fully saturated rings. The van der Waals surface area contributed by atoms with Crippen LogP contribution in [0.1, 0.15) is 132 Å². The van der Waals surface area contributed by atoms with Gasteiger partial charge in [-0.1, -0.05) is 107 Å². The summed E-state index contributed by atoms with van der Waals surface area (Å²) in [4.78, 5) is 13.6. The molecule has 1 radical (unpaired) electrons. The van der Waals surface area contributed by atoms with Gasteiger partial charge in [-0.05, 0) is 138 Å². The number of pyridine rings is 2. The normalized spacial score (nSPS) is 17.3. The van der Waals surface area contributed by atoms with Crippen LogP contribution in [0.2, 0.25) is 0 Å². The van der Waals surface area contributed by atoms with Crippen molar-refractivity contribution in [1.82, 2.24) is 19.5 Å². The summed E-state index contributed by atoms with van der Waals surface area (Å²) < 4.78 is 104. The third-order valence-corrected chi connectivity index (χ3v) is 12.5. The van der Waals surface area contributed by atoms with Gasteiger partial charge in [0.25, 0.3) is 0 Å². The average Bonchev–Trinajstić information content (AvgIpc) is 3.92. The molecule has 65 heavy (non-hydrogen) atoms. The van der Waals surface area contributed by atoms with Crippen molar-refractivity contribution >= 4 is 33.1 Å². The van der Waals surface area contributed by atoms with E-state index in [0.29, 0.717) is 52.2 Å². The summed E-state index contributed by atoms with van der Waals surface area (Å²) in [5.74, 6) is 0.275. The maximum Gasteiger partial charge on any atom is 0.216 e. The third kappa shape index (κ3) is 9.11. The van der Waals surface area contributed by atoms with Crippen molar-refractivity contribution in [3.8, 4) is 39.5 Å². The predicted molar refractivity (Wildman–Crippen MR) is 262 cm³/mol. The molecule has 9 aromatic rings. The molecule has 10 rings (SSSR count). The largest absolute Gasteiger partial charge is 0.486 e.